The third kappa shape index (κ3) is 3.99. The number of benzene rings is 1. The molecule has 3 rings (SSSR count). The fraction of sp³-hybridized carbons (Fsp3) is 0.571. The summed E-state index contributed by atoms with van der Waals surface area (Å²) in [5.74, 6) is -0.302. The molecule has 2 unspecified atom stereocenters. The number of carbonyl (C=O) groups is 3. The number of hydrogen-bond donors (Lipinski definition) is 1. The lowest BCUT2D eigenvalue weighted by Crippen LogP contribution is -2.47. The van der Waals surface area contributed by atoms with Crippen LogP contribution in [-0.2, 0) is 14.3 Å². The Kier molecular flexibility index (Phi) is 6.14. The molecule has 2 aliphatic rings. The zero-order valence-electron chi connectivity index (χ0n) is 16.1. The number of esters is 1. The highest BCUT2D eigenvalue weighted by Crippen LogP contribution is 2.38. The smallest absolute Gasteiger partial charge is 0.340 e. The highest BCUT2D eigenvalue weighted by molar-refractivity contribution is 5.96. The van der Waals surface area contributed by atoms with Gasteiger partial charge in [0.25, 0.3) is 0 Å². The van der Waals surface area contributed by atoms with E-state index in [1.165, 1.54) is 4.90 Å². The monoisotopic (exact) mass is 372 g/mol. The Bertz CT molecular complexity index is 718. The summed E-state index contributed by atoms with van der Waals surface area (Å²) in [7, 11) is 0. The van der Waals surface area contributed by atoms with Crippen molar-refractivity contribution >= 4 is 17.8 Å². The number of amides is 2. The van der Waals surface area contributed by atoms with Gasteiger partial charge in [0.1, 0.15) is 6.04 Å². The topological polar surface area (TPSA) is 75.7 Å². The second kappa shape index (κ2) is 8.55. The lowest BCUT2D eigenvalue weighted by atomic mass is 9.99. The molecule has 1 N–H and O–H groups in total. The lowest BCUT2D eigenvalue weighted by molar-refractivity contribution is -0.145. The van der Waals surface area contributed by atoms with Crippen molar-refractivity contribution in [2.75, 3.05) is 6.54 Å². The second-order valence-electron chi connectivity index (χ2n) is 7.36. The molecule has 2 amide bonds. The first-order valence-electron chi connectivity index (χ1n) is 9.95. The van der Waals surface area contributed by atoms with E-state index in [0.717, 1.165) is 25.7 Å². The molecule has 27 heavy (non-hydrogen) atoms. The van der Waals surface area contributed by atoms with Gasteiger partial charge in [0.15, 0.2) is 0 Å². The van der Waals surface area contributed by atoms with Crippen molar-refractivity contribution in [3.05, 3.63) is 35.4 Å². The van der Waals surface area contributed by atoms with Gasteiger partial charge < -0.3 is 10.1 Å². The second-order valence-corrected chi connectivity index (χ2v) is 7.36. The van der Waals surface area contributed by atoms with Gasteiger partial charge >= 0.3 is 5.97 Å². The SMILES string of the molecule is CCCCC(CC)CNC(=O)[C@@H]1CCC(=O)N1C1OC(=O)c2ccccc21. The summed E-state index contributed by atoms with van der Waals surface area (Å²) in [5.41, 5.74) is 1.12. The van der Waals surface area contributed by atoms with E-state index in [9.17, 15) is 14.4 Å². The van der Waals surface area contributed by atoms with E-state index in [0.29, 0.717) is 36.4 Å². The number of nitrogens with zero attached hydrogens (tertiary/aromatic N) is 1. The van der Waals surface area contributed by atoms with Gasteiger partial charge in [-0.3, -0.25) is 14.5 Å². The zero-order chi connectivity index (χ0) is 19.4. The molecule has 0 spiro atoms. The number of hydrogen-bond acceptors (Lipinski definition) is 4. The van der Waals surface area contributed by atoms with Crippen LogP contribution in [0.2, 0.25) is 0 Å². The molecule has 3 atom stereocenters. The summed E-state index contributed by atoms with van der Waals surface area (Å²) < 4.78 is 5.45. The first-order valence-corrected chi connectivity index (χ1v) is 9.95. The van der Waals surface area contributed by atoms with Crippen molar-refractivity contribution in [3.8, 4) is 0 Å². The molecule has 0 radical (unpaired) electrons. The first kappa shape index (κ1) is 19.4. The Labute approximate surface area is 160 Å². The predicted molar refractivity (Wildman–Crippen MR) is 101 cm³/mol. The fourth-order valence-electron chi connectivity index (χ4n) is 3.89. The van der Waals surface area contributed by atoms with Gasteiger partial charge in [-0.25, -0.2) is 4.79 Å². The van der Waals surface area contributed by atoms with E-state index in [-0.39, 0.29) is 11.8 Å². The summed E-state index contributed by atoms with van der Waals surface area (Å²) in [6, 6.07) is 6.45. The Balaban J connectivity index is 1.70. The van der Waals surface area contributed by atoms with E-state index in [1.54, 1.807) is 18.2 Å². The van der Waals surface area contributed by atoms with Gasteiger partial charge in [-0.05, 0) is 24.8 Å². The molecule has 0 bridgehead atoms. The van der Waals surface area contributed by atoms with Crippen molar-refractivity contribution in [2.24, 2.45) is 5.92 Å². The minimum absolute atomic E-state index is 0.150. The minimum Gasteiger partial charge on any atom is -0.433 e. The number of carbonyl (C=O) groups excluding carboxylic acids is 3. The molecule has 6 nitrogen and oxygen atoms in total. The standard InChI is InChI=1S/C21H28N2O4/c1-3-5-8-14(4-2)13-22-19(25)17-11-12-18(24)23(17)20-15-9-6-7-10-16(15)21(26)27-20/h6-7,9-10,14,17,20H,3-5,8,11-13H2,1-2H3,(H,22,25)/t14?,17-,20?/m0/s1. The van der Waals surface area contributed by atoms with E-state index < -0.39 is 18.2 Å². The largest absolute Gasteiger partial charge is 0.433 e. The highest BCUT2D eigenvalue weighted by Gasteiger charge is 2.46. The molecule has 0 aromatic heterocycles. The minimum atomic E-state index is -0.804. The molecule has 1 fully saturated rings. The van der Waals surface area contributed by atoms with Crippen LogP contribution < -0.4 is 5.32 Å². The van der Waals surface area contributed by atoms with Crippen LogP contribution in [0.1, 0.15) is 74.5 Å². The summed E-state index contributed by atoms with van der Waals surface area (Å²) in [4.78, 5) is 38.8. The molecular formula is C21H28N2O4. The predicted octanol–water partition coefficient (Wildman–Crippen LogP) is 3.18. The number of fused-ring (bicyclic) bond motifs is 1. The zero-order valence-corrected chi connectivity index (χ0v) is 16.1. The van der Waals surface area contributed by atoms with Gasteiger partial charge in [0.2, 0.25) is 18.0 Å². The summed E-state index contributed by atoms with van der Waals surface area (Å²) in [6.45, 7) is 4.91. The Hall–Kier alpha value is -2.37. The number of ether oxygens (including phenoxy) is 1. The van der Waals surface area contributed by atoms with Crippen LogP contribution in [0.3, 0.4) is 0 Å². The fourth-order valence-corrected chi connectivity index (χ4v) is 3.89. The van der Waals surface area contributed by atoms with Crippen LogP contribution in [-0.4, -0.2) is 35.3 Å². The Morgan fingerprint density at radius 3 is 2.81 bits per heavy atom. The van der Waals surface area contributed by atoms with Crippen molar-refractivity contribution in [3.63, 3.8) is 0 Å². The van der Waals surface area contributed by atoms with Gasteiger partial charge in [-0.15, -0.1) is 0 Å². The van der Waals surface area contributed by atoms with Crippen molar-refractivity contribution in [1.29, 1.82) is 0 Å². The van der Waals surface area contributed by atoms with E-state index in [2.05, 4.69) is 19.2 Å². The van der Waals surface area contributed by atoms with Gasteiger partial charge in [-0.2, -0.15) is 0 Å². The van der Waals surface area contributed by atoms with Crippen LogP contribution in [0.25, 0.3) is 0 Å². The normalized spacial score (nSPS) is 22.5. The van der Waals surface area contributed by atoms with E-state index in [4.69, 9.17) is 4.74 Å². The molecule has 6 heteroatoms. The van der Waals surface area contributed by atoms with E-state index in [1.807, 2.05) is 6.07 Å². The molecule has 1 saturated heterocycles. The van der Waals surface area contributed by atoms with Gasteiger partial charge in [0, 0.05) is 18.5 Å². The average molecular weight is 372 g/mol. The average Bonchev–Trinajstić information content (AvgIpc) is 3.22. The molecule has 2 heterocycles. The lowest BCUT2D eigenvalue weighted by Gasteiger charge is -2.29. The molecule has 1 aromatic rings. The highest BCUT2D eigenvalue weighted by atomic mass is 16.6. The van der Waals surface area contributed by atoms with Gasteiger partial charge in [-0.1, -0.05) is 51.3 Å². The summed E-state index contributed by atoms with van der Waals surface area (Å²) in [6.07, 6.45) is 4.34. The molecule has 2 aliphatic heterocycles. The molecule has 0 saturated carbocycles. The van der Waals surface area contributed by atoms with Crippen molar-refractivity contribution in [2.45, 2.75) is 64.6 Å². The van der Waals surface area contributed by atoms with Crippen LogP contribution in [0, 0.1) is 5.92 Å². The maximum atomic E-state index is 12.8. The molecule has 0 aliphatic carbocycles. The maximum absolute atomic E-state index is 12.8. The number of cyclic esters (lactones) is 1. The van der Waals surface area contributed by atoms with Gasteiger partial charge in [0.05, 0.1) is 5.56 Å². The van der Waals surface area contributed by atoms with Crippen LogP contribution in [0.15, 0.2) is 24.3 Å². The summed E-state index contributed by atoms with van der Waals surface area (Å²) in [5, 5.41) is 3.02. The first-order chi connectivity index (χ1) is 13.1. The third-order valence-corrected chi connectivity index (χ3v) is 5.58. The van der Waals surface area contributed by atoms with Crippen LogP contribution in [0.4, 0.5) is 0 Å². The summed E-state index contributed by atoms with van der Waals surface area (Å²) >= 11 is 0. The Morgan fingerprint density at radius 2 is 2.07 bits per heavy atom. The Morgan fingerprint density at radius 1 is 1.30 bits per heavy atom. The maximum Gasteiger partial charge on any atom is 0.340 e. The quantitative estimate of drug-likeness (QED) is 0.711. The molecular weight excluding hydrogens is 344 g/mol. The molecule has 146 valence electrons. The van der Waals surface area contributed by atoms with Crippen molar-refractivity contribution < 1.29 is 19.1 Å². The van der Waals surface area contributed by atoms with E-state index >= 15 is 0 Å². The molecule has 1 aromatic carbocycles. The van der Waals surface area contributed by atoms with Crippen LogP contribution in [0.5, 0.6) is 0 Å². The number of likely N-dealkylation sites (tertiary alicyclic amines) is 1. The number of unbranched alkanes of at least 4 members (excludes halogenated alkanes) is 1. The van der Waals surface area contributed by atoms with Crippen molar-refractivity contribution in [1.82, 2.24) is 10.2 Å². The number of rotatable bonds is 8. The third-order valence-electron chi connectivity index (χ3n) is 5.58. The van der Waals surface area contributed by atoms with Crippen LogP contribution >= 0.6 is 0 Å². The number of nitrogens with one attached hydrogen (secondary N) is 1.